The minimum absolute atomic E-state index is 0.0318. The van der Waals surface area contributed by atoms with Gasteiger partial charge in [-0.25, -0.2) is 0 Å². The lowest BCUT2D eigenvalue weighted by Crippen LogP contribution is -2.29. The molecular weight excluding hydrogens is 434 g/mol. The van der Waals surface area contributed by atoms with Crippen LogP contribution in [0.15, 0.2) is 75.9 Å². The van der Waals surface area contributed by atoms with Crippen LogP contribution in [0.3, 0.4) is 0 Å². The zero-order chi connectivity index (χ0) is 23.8. The van der Waals surface area contributed by atoms with Crippen molar-refractivity contribution in [2.75, 3.05) is 25.7 Å². The molecule has 172 valence electrons. The van der Waals surface area contributed by atoms with Gasteiger partial charge in [-0.1, -0.05) is 24.3 Å². The van der Waals surface area contributed by atoms with Gasteiger partial charge in [0.15, 0.2) is 16.9 Å². The molecule has 0 fully saturated rings. The van der Waals surface area contributed by atoms with Crippen molar-refractivity contribution in [2.45, 2.75) is 13.0 Å². The predicted molar refractivity (Wildman–Crippen MR) is 128 cm³/mol. The SMILES string of the molecule is CCOc1ccc(C2c3c(oc4ccccc4c3=O)C(=O)N2c2cccc(OC)c2)cc1OC. The van der Waals surface area contributed by atoms with Crippen molar-refractivity contribution >= 4 is 22.6 Å². The summed E-state index contributed by atoms with van der Waals surface area (Å²) in [5.74, 6) is 1.31. The van der Waals surface area contributed by atoms with Crippen molar-refractivity contribution < 1.29 is 23.4 Å². The van der Waals surface area contributed by atoms with Crippen molar-refractivity contribution in [3.05, 3.63) is 93.8 Å². The number of rotatable bonds is 6. The topological polar surface area (TPSA) is 78.2 Å². The lowest BCUT2D eigenvalue weighted by Gasteiger charge is -2.26. The third-order valence-corrected chi connectivity index (χ3v) is 5.91. The highest BCUT2D eigenvalue weighted by molar-refractivity contribution is 6.10. The zero-order valence-corrected chi connectivity index (χ0v) is 19.0. The first-order chi connectivity index (χ1) is 16.6. The number of carbonyl (C=O) groups excluding carboxylic acids is 1. The first-order valence-corrected chi connectivity index (χ1v) is 10.9. The number of carbonyl (C=O) groups is 1. The molecule has 1 unspecified atom stereocenters. The van der Waals surface area contributed by atoms with Crippen molar-refractivity contribution in [3.8, 4) is 17.2 Å². The molecule has 7 nitrogen and oxygen atoms in total. The van der Waals surface area contributed by atoms with Crippen LogP contribution in [0, 0.1) is 0 Å². The molecule has 1 aliphatic rings. The van der Waals surface area contributed by atoms with Gasteiger partial charge in [0, 0.05) is 11.8 Å². The molecule has 1 aromatic heterocycles. The summed E-state index contributed by atoms with van der Waals surface area (Å²) in [6, 6.07) is 18.8. The maximum Gasteiger partial charge on any atom is 0.295 e. The number of fused-ring (bicyclic) bond motifs is 2. The minimum Gasteiger partial charge on any atom is -0.497 e. The van der Waals surface area contributed by atoms with Crippen LogP contribution in [0.2, 0.25) is 0 Å². The maximum absolute atomic E-state index is 13.7. The van der Waals surface area contributed by atoms with Gasteiger partial charge in [0.05, 0.1) is 37.8 Å². The quantitative estimate of drug-likeness (QED) is 0.407. The summed E-state index contributed by atoms with van der Waals surface area (Å²) in [4.78, 5) is 28.9. The molecule has 0 saturated carbocycles. The van der Waals surface area contributed by atoms with E-state index in [0.717, 1.165) is 0 Å². The number of para-hydroxylation sites is 1. The Bertz CT molecular complexity index is 1460. The second-order valence-electron chi connectivity index (χ2n) is 7.79. The Morgan fingerprint density at radius 2 is 1.74 bits per heavy atom. The molecule has 0 N–H and O–H groups in total. The molecule has 0 saturated heterocycles. The lowest BCUT2D eigenvalue weighted by molar-refractivity contribution is 0.0971. The van der Waals surface area contributed by atoms with Crippen molar-refractivity contribution in [3.63, 3.8) is 0 Å². The molecule has 5 rings (SSSR count). The molecule has 0 radical (unpaired) electrons. The van der Waals surface area contributed by atoms with Crippen LogP contribution in [0.5, 0.6) is 17.2 Å². The number of amides is 1. The lowest BCUT2D eigenvalue weighted by atomic mass is 9.97. The van der Waals surface area contributed by atoms with Gasteiger partial charge >= 0.3 is 0 Å². The van der Waals surface area contributed by atoms with E-state index in [4.69, 9.17) is 18.6 Å². The fourth-order valence-corrected chi connectivity index (χ4v) is 4.39. The van der Waals surface area contributed by atoms with E-state index in [1.165, 1.54) is 0 Å². The summed E-state index contributed by atoms with van der Waals surface area (Å²) in [5, 5.41) is 0.421. The molecule has 0 bridgehead atoms. The Morgan fingerprint density at radius 1 is 0.912 bits per heavy atom. The van der Waals surface area contributed by atoms with Crippen LogP contribution >= 0.6 is 0 Å². The van der Waals surface area contributed by atoms with E-state index >= 15 is 0 Å². The highest BCUT2D eigenvalue weighted by atomic mass is 16.5. The molecule has 0 aliphatic carbocycles. The largest absolute Gasteiger partial charge is 0.497 e. The van der Waals surface area contributed by atoms with E-state index in [1.807, 2.05) is 13.0 Å². The van der Waals surface area contributed by atoms with Gasteiger partial charge in [0.1, 0.15) is 11.3 Å². The number of nitrogens with zero attached hydrogens (tertiary/aromatic N) is 1. The van der Waals surface area contributed by atoms with Gasteiger partial charge in [-0.15, -0.1) is 0 Å². The van der Waals surface area contributed by atoms with E-state index in [9.17, 15) is 9.59 Å². The maximum atomic E-state index is 13.7. The van der Waals surface area contributed by atoms with Crippen molar-refractivity contribution in [1.82, 2.24) is 0 Å². The van der Waals surface area contributed by atoms with Gasteiger partial charge < -0.3 is 18.6 Å². The first kappa shape index (κ1) is 21.6. The molecule has 34 heavy (non-hydrogen) atoms. The molecule has 3 aromatic carbocycles. The molecule has 7 heteroatoms. The Labute approximate surface area is 196 Å². The second kappa shape index (κ2) is 8.59. The summed E-state index contributed by atoms with van der Waals surface area (Å²) >= 11 is 0. The van der Waals surface area contributed by atoms with Gasteiger partial charge in [-0.05, 0) is 48.9 Å². The summed E-state index contributed by atoms with van der Waals surface area (Å²) in [6.07, 6.45) is 0. The molecule has 0 spiro atoms. The number of methoxy groups -OCH3 is 2. The number of hydrogen-bond donors (Lipinski definition) is 0. The molecule has 1 amide bonds. The van der Waals surface area contributed by atoms with Crippen LogP contribution in [0.25, 0.3) is 11.0 Å². The van der Waals surface area contributed by atoms with Crippen LogP contribution in [-0.4, -0.2) is 26.7 Å². The Hall–Kier alpha value is -4.26. The van der Waals surface area contributed by atoms with Crippen molar-refractivity contribution in [1.29, 1.82) is 0 Å². The molecule has 4 aromatic rings. The molecule has 2 heterocycles. The normalized spacial score (nSPS) is 14.9. The average molecular weight is 457 g/mol. The van der Waals surface area contributed by atoms with Crippen molar-refractivity contribution in [2.24, 2.45) is 0 Å². The highest BCUT2D eigenvalue weighted by Gasteiger charge is 2.44. The zero-order valence-electron chi connectivity index (χ0n) is 19.0. The number of hydrogen-bond acceptors (Lipinski definition) is 6. The van der Waals surface area contributed by atoms with E-state index < -0.39 is 11.9 Å². The average Bonchev–Trinajstić information content (AvgIpc) is 3.17. The smallest absolute Gasteiger partial charge is 0.295 e. The van der Waals surface area contributed by atoms with E-state index in [-0.39, 0.29) is 16.8 Å². The summed E-state index contributed by atoms with van der Waals surface area (Å²) in [5.41, 5.74) is 1.69. The minimum atomic E-state index is -0.722. The van der Waals surface area contributed by atoms with Crippen LogP contribution in [0.1, 0.15) is 34.6 Å². The first-order valence-electron chi connectivity index (χ1n) is 10.9. The fourth-order valence-electron chi connectivity index (χ4n) is 4.39. The van der Waals surface area contributed by atoms with Gasteiger partial charge in [0.2, 0.25) is 5.76 Å². The number of ether oxygens (including phenoxy) is 3. The summed E-state index contributed by atoms with van der Waals surface area (Å²) in [7, 11) is 3.11. The Morgan fingerprint density at radius 3 is 2.50 bits per heavy atom. The van der Waals surface area contributed by atoms with E-state index in [0.29, 0.717) is 46.1 Å². The number of anilines is 1. The summed E-state index contributed by atoms with van der Waals surface area (Å²) in [6.45, 7) is 2.37. The van der Waals surface area contributed by atoms with Gasteiger partial charge in [0.25, 0.3) is 5.91 Å². The third-order valence-electron chi connectivity index (χ3n) is 5.91. The van der Waals surface area contributed by atoms with E-state index in [1.54, 1.807) is 79.8 Å². The van der Waals surface area contributed by atoms with E-state index in [2.05, 4.69) is 0 Å². The third kappa shape index (κ3) is 3.37. The standard InChI is InChI=1S/C27H23NO6/c1-4-33-21-13-12-16(14-22(21)32-3)24-23-25(29)19-10-5-6-11-20(19)34-26(23)27(30)28(24)17-8-7-9-18(15-17)31-2/h5-15,24H,4H2,1-3H3. The predicted octanol–water partition coefficient (Wildman–Crippen LogP) is 4.96. The van der Waals surface area contributed by atoms with Crippen LogP contribution in [-0.2, 0) is 0 Å². The molecule has 1 atom stereocenters. The van der Waals surface area contributed by atoms with Crippen LogP contribution in [0.4, 0.5) is 5.69 Å². The Balaban J connectivity index is 1.78. The molecular formula is C27H23NO6. The fraction of sp³-hybridized carbons (Fsp3) is 0.185. The second-order valence-corrected chi connectivity index (χ2v) is 7.79. The monoisotopic (exact) mass is 457 g/mol. The van der Waals surface area contributed by atoms with Gasteiger partial charge in [-0.2, -0.15) is 0 Å². The van der Waals surface area contributed by atoms with Gasteiger partial charge in [-0.3, -0.25) is 14.5 Å². The highest BCUT2D eigenvalue weighted by Crippen LogP contribution is 2.43. The Kier molecular flexibility index (Phi) is 5.45. The van der Waals surface area contributed by atoms with Crippen LogP contribution < -0.4 is 24.5 Å². The number of benzene rings is 3. The molecule has 1 aliphatic heterocycles. The summed E-state index contributed by atoms with van der Waals surface area (Å²) < 4.78 is 22.6.